The molecule has 150 valence electrons. The van der Waals surface area contributed by atoms with Crippen LogP contribution in [0.2, 0.25) is 0 Å². The van der Waals surface area contributed by atoms with E-state index in [1.165, 1.54) is 30.8 Å². The van der Waals surface area contributed by atoms with Crippen molar-refractivity contribution in [2.24, 2.45) is 0 Å². The normalized spacial score (nSPS) is 21.6. The number of aryl methyl sites for hydroxylation is 1. The monoisotopic (exact) mass is 380 g/mol. The van der Waals surface area contributed by atoms with Crippen LogP contribution in [-0.2, 0) is 6.54 Å². The molecule has 2 aromatic rings. The Bertz CT molecular complexity index is 773. The van der Waals surface area contributed by atoms with E-state index in [9.17, 15) is 0 Å². The second-order valence-electron chi connectivity index (χ2n) is 8.00. The van der Waals surface area contributed by atoms with Crippen LogP contribution in [0, 0.1) is 6.92 Å². The van der Waals surface area contributed by atoms with Gasteiger partial charge in [0.1, 0.15) is 5.75 Å². The van der Waals surface area contributed by atoms with Gasteiger partial charge in [-0.2, -0.15) is 0 Å². The highest BCUT2D eigenvalue weighted by atomic mass is 16.5. The van der Waals surface area contributed by atoms with Gasteiger partial charge in [-0.1, -0.05) is 18.2 Å². The molecule has 1 atom stereocenters. The molecule has 5 nitrogen and oxygen atoms in total. The molecule has 0 spiro atoms. The number of benzene rings is 1. The predicted octanol–water partition coefficient (Wildman–Crippen LogP) is 3.19. The van der Waals surface area contributed by atoms with Crippen molar-refractivity contribution in [1.82, 2.24) is 14.8 Å². The number of para-hydroxylation sites is 2. The van der Waals surface area contributed by atoms with Crippen LogP contribution in [0.5, 0.6) is 5.75 Å². The van der Waals surface area contributed by atoms with E-state index in [2.05, 4.69) is 58.0 Å². The molecule has 2 aliphatic heterocycles. The van der Waals surface area contributed by atoms with E-state index in [4.69, 9.17) is 9.72 Å². The van der Waals surface area contributed by atoms with Crippen LogP contribution < -0.4 is 9.64 Å². The van der Waals surface area contributed by atoms with Crippen LogP contribution in [0.25, 0.3) is 0 Å². The van der Waals surface area contributed by atoms with Gasteiger partial charge in [0, 0.05) is 51.0 Å². The van der Waals surface area contributed by atoms with Gasteiger partial charge < -0.3 is 9.64 Å². The predicted molar refractivity (Wildman–Crippen MR) is 114 cm³/mol. The molecule has 0 aliphatic carbocycles. The van der Waals surface area contributed by atoms with Crippen LogP contribution in [0.4, 0.5) is 5.69 Å². The van der Waals surface area contributed by atoms with E-state index in [-0.39, 0.29) is 0 Å². The summed E-state index contributed by atoms with van der Waals surface area (Å²) in [5.41, 5.74) is 3.53. The topological polar surface area (TPSA) is 31.8 Å². The highest BCUT2D eigenvalue weighted by Gasteiger charge is 2.28. The minimum Gasteiger partial charge on any atom is -0.495 e. The first-order valence-corrected chi connectivity index (χ1v) is 10.5. The van der Waals surface area contributed by atoms with Gasteiger partial charge in [-0.05, 0) is 50.6 Å². The molecule has 4 rings (SSSR count). The average molecular weight is 381 g/mol. The molecule has 2 aliphatic rings. The Morgan fingerprint density at radius 2 is 1.82 bits per heavy atom. The molecule has 0 amide bonds. The van der Waals surface area contributed by atoms with Crippen LogP contribution in [0.15, 0.2) is 42.5 Å². The minimum absolute atomic E-state index is 0.665. The lowest BCUT2D eigenvalue weighted by Crippen LogP contribution is -2.55. The Kier molecular flexibility index (Phi) is 6.13. The fraction of sp³-hybridized carbons (Fsp3) is 0.522. The number of pyridine rings is 1. The lowest BCUT2D eigenvalue weighted by atomic mass is 10.0. The van der Waals surface area contributed by atoms with Gasteiger partial charge in [-0.3, -0.25) is 14.8 Å². The smallest absolute Gasteiger partial charge is 0.142 e. The van der Waals surface area contributed by atoms with Crippen LogP contribution >= 0.6 is 0 Å². The molecule has 0 radical (unpaired) electrons. The molecule has 5 heteroatoms. The van der Waals surface area contributed by atoms with E-state index in [0.29, 0.717) is 6.04 Å². The molecule has 3 heterocycles. The van der Waals surface area contributed by atoms with E-state index < -0.39 is 0 Å². The van der Waals surface area contributed by atoms with Crippen molar-refractivity contribution in [1.29, 1.82) is 0 Å². The summed E-state index contributed by atoms with van der Waals surface area (Å²) in [4.78, 5) is 12.4. The zero-order valence-electron chi connectivity index (χ0n) is 17.2. The standard InChI is InChI=1S/C23H32N4O/c1-19-7-5-8-20(24-19)17-25-12-6-9-21(18-25)26-13-15-27(16-14-26)22-10-3-4-11-23(22)28-2/h3-5,7-8,10-11,21H,6,9,12-18H2,1-2H3/t21-/m1/s1. The van der Waals surface area contributed by atoms with Crippen LogP contribution in [0.3, 0.4) is 0 Å². The van der Waals surface area contributed by atoms with Crippen molar-refractivity contribution in [2.75, 3.05) is 51.3 Å². The number of piperidine rings is 1. The van der Waals surface area contributed by atoms with Gasteiger partial charge in [0.15, 0.2) is 0 Å². The van der Waals surface area contributed by atoms with Gasteiger partial charge in [0.25, 0.3) is 0 Å². The van der Waals surface area contributed by atoms with Crippen LogP contribution in [0.1, 0.15) is 24.2 Å². The van der Waals surface area contributed by atoms with E-state index in [0.717, 1.165) is 50.7 Å². The molecule has 28 heavy (non-hydrogen) atoms. The lowest BCUT2D eigenvalue weighted by Gasteiger charge is -2.44. The first kappa shape index (κ1) is 19.2. The fourth-order valence-electron chi connectivity index (χ4n) is 4.61. The maximum Gasteiger partial charge on any atom is 0.142 e. The average Bonchev–Trinajstić information content (AvgIpc) is 2.74. The molecule has 2 saturated heterocycles. The van der Waals surface area contributed by atoms with Crippen molar-refractivity contribution < 1.29 is 4.74 Å². The zero-order valence-corrected chi connectivity index (χ0v) is 17.2. The number of hydrogen-bond acceptors (Lipinski definition) is 5. The Hall–Kier alpha value is -2.11. The summed E-state index contributed by atoms with van der Waals surface area (Å²) in [6.45, 7) is 9.77. The number of methoxy groups -OCH3 is 1. The second kappa shape index (κ2) is 8.93. The quantitative estimate of drug-likeness (QED) is 0.795. The fourth-order valence-corrected chi connectivity index (χ4v) is 4.61. The lowest BCUT2D eigenvalue weighted by molar-refractivity contribution is 0.0880. The number of rotatable bonds is 5. The molecular formula is C23H32N4O. The number of likely N-dealkylation sites (tertiary alicyclic amines) is 1. The number of nitrogens with zero attached hydrogens (tertiary/aromatic N) is 4. The van der Waals surface area contributed by atoms with Crippen molar-refractivity contribution in [3.8, 4) is 5.75 Å². The Morgan fingerprint density at radius 1 is 1.00 bits per heavy atom. The number of anilines is 1. The number of aromatic nitrogens is 1. The van der Waals surface area contributed by atoms with Gasteiger partial charge in [-0.15, -0.1) is 0 Å². The third-order valence-corrected chi connectivity index (χ3v) is 6.07. The van der Waals surface area contributed by atoms with Crippen molar-refractivity contribution in [3.63, 3.8) is 0 Å². The summed E-state index contributed by atoms with van der Waals surface area (Å²) in [6.07, 6.45) is 2.59. The van der Waals surface area contributed by atoms with Crippen LogP contribution in [-0.4, -0.2) is 67.2 Å². The summed E-state index contributed by atoms with van der Waals surface area (Å²) in [5.74, 6) is 0.977. The molecule has 1 aromatic heterocycles. The molecule has 1 aromatic carbocycles. The van der Waals surface area contributed by atoms with Gasteiger partial charge in [0.2, 0.25) is 0 Å². The first-order chi connectivity index (χ1) is 13.7. The summed E-state index contributed by atoms with van der Waals surface area (Å²) >= 11 is 0. The third kappa shape index (κ3) is 4.47. The first-order valence-electron chi connectivity index (χ1n) is 10.5. The molecule has 0 saturated carbocycles. The highest BCUT2D eigenvalue weighted by molar-refractivity contribution is 5.58. The van der Waals surface area contributed by atoms with E-state index in [1.54, 1.807) is 7.11 Å². The number of hydrogen-bond donors (Lipinski definition) is 0. The van der Waals surface area contributed by atoms with Gasteiger partial charge in [0.05, 0.1) is 18.5 Å². The van der Waals surface area contributed by atoms with E-state index >= 15 is 0 Å². The second-order valence-corrected chi connectivity index (χ2v) is 8.00. The molecule has 2 fully saturated rings. The summed E-state index contributed by atoms with van der Waals surface area (Å²) in [5, 5.41) is 0. The largest absolute Gasteiger partial charge is 0.495 e. The van der Waals surface area contributed by atoms with Gasteiger partial charge in [-0.25, -0.2) is 0 Å². The summed E-state index contributed by atoms with van der Waals surface area (Å²) in [7, 11) is 1.76. The molecule has 0 unspecified atom stereocenters. The molecular weight excluding hydrogens is 348 g/mol. The minimum atomic E-state index is 0.665. The SMILES string of the molecule is COc1ccccc1N1CCN([C@@H]2CCCN(Cc3cccc(C)n3)C2)CC1. The Morgan fingerprint density at radius 3 is 2.61 bits per heavy atom. The molecule has 0 bridgehead atoms. The zero-order chi connectivity index (χ0) is 19.3. The summed E-state index contributed by atoms with van der Waals surface area (Å²) < 4.78 is 5.55. The van der Waals surface area contributed by atoms with Crippen molar-refractivity contribution in [3.05, 3.63) is 53.9 Å². The van der Waals surface area contributed by atoms with Gasteiger partial charge >= 0.3 is 0 Å². The maximum atomic E-state index is 5.55. The number of piperazine rings is 1. The van der Waals surface area contributed by atoms with Crippen molar-refractivity contribution >= 4 is 5.69 Å². The maximum absolute atomic E-state index is 5.55. The summed E-state index contributed by atoms with van der Waals surface area (Å²) in [6, 6.07) is 15.4. The molecule has 0 N–H and O–H groups in total. The van der Waals surface area contributed by atoms with E-state index in [1.807, 2.05) is 6.07 Å². The Balaban J connectivity index is 1.33. The highest BCUT2D eigenvalue weighted by Crippen LogP contribution is 2.29. The third-order valence-electron chi connectivity index (χ3n) is 6.07. The number of ether oxygens (including phenoxy) is 1. The van der Waals surface area contributed by atoms with Crippen molar-refractivity contribution in [2.45, 2.75) is 32.4 Å². The Labute approximate surface area is 168 Å².